The number of para-hydroxylation sites is 1. The molecule has 0 atom stereocenters. The fourth-order valence-corrected chi connectivity index (χ4v) is 3.48. The van der Waals surface area contributed by atoms with Crippen molar-refractivity contribution in [3.8, 4) is 5.75 Å². The zero-order chi connectivity index (χ0) is 20.9. The van der Waals surface area contributed by atoms with Gasteiger partial charge in [0.25, 0.3) is 5.91 Å². The number of methoxy groups -OCH3 is 1. The van der Waals surface area contributed by atoms with E-state index in [1.54, 1.807) is 7.11 Å². The summed E-state index contributed by atoms with van der Waals surface area (Å²) in [4.78, 5) is 12.5. The van der Waals surface area contributed by atoms with Gasteiger partial charge in [-0.1, -0.05) is 47.2 Å². The molecule has 3 aromatic carbocycles. The van der Waals surface area contributed by atoms with Crippen LogP contribution in [0.3, 0.4) is 0 Å². The van der Waals surface area contributed by atoms with Crippen molar-refractivity contribution in [1.82, 2.24) is 20.3 Å². The van der Waals surface area contributed by atoms with Crippen molar-refractivity contribution in [2.45, 2.75) is 19.9 Å². The lowest BCUT2D eigenvalue weighted by Crippen LogP contribution is -2.25. The van der Waals surface area contributed by atoms with Gasteiger partial charge in [-0.3, -0.25) is 4.79 Å². The highest BCUT2D eigenvalue weighted by Gasteiger charge is 2.09. The van der Waals surface area contributed by atoms with Crippen molar-refractivity contribution < 1.29 is 9.53 Å². The summed E-state index contributed by atoms with van der Waals surface area (Å²) in [5.41, 5.74) is 5.83. The molecule has 4 rings (SSSR count). The van der Waals surface area contributed by atoms with E-state index in [2.05, 4.69) is 21.7 Å². The molecule has 0 saturated carbocycles. The van der Waals surface area contributed by atoms with Gasteiger partial charge in [-0.25, -0.2) is 4.68 Å². The van der Waals surface area contributed by atoms with Gasteiger partial charge in [-0.05, 0) is 54.8 Å². The minimum atomic E-state index is -0.0839. The number of aryl methyl sites for hydroxylation is 1. The maximum absolute atomic E-state index is 12.5. The molecule has 0 aliphatic carbocycles. The van der Waals surface area contributed by atoms with E-state index in [4.69, 9.17) is 4.74 Å². The molecular formula is C24H24N4O2. The molecule has 4 aromatic rings. The van der Waals surface area contributed by atoms with Gasteiger partial charge in [-0.15, -0.1) is 5.10 Å². The normalized spacial score (nSPS) is 10.9. The predicted molar refractivity (Wildman–Crippen MR) is 117 cm³/mol. The van der Waals surface area contributed by atoms with Crippen LogP contribution in [-0.2, 0) is 13.0 Å². The van der Waals surface area contributed by atoms with Gasteiger partial charge in [0.15, 0.2) is 0 Å². The van der Waals surface area contributed by atoms with Crippen LogP contribution in [0.4, 0.5) is 0 Å². The van der Waals surface area contributed by atoms with Crippen LogP contribution in [0.15, 0.2) is 66.7 Å². The molecule has 0 fully saturated rings. The molecule has 0 saturated heterocycles. The Bertz CT molecular complexity index is 1170. The SMILES string of the molecule is COc1ccc(C)cc1CCNC(=O)c1ccc(Cn2nnc3ccccc32)cc1. The zero-order valence-corrected chi connectivity index (χ0v) is 17.1. The molecule has 152 valence electrons. The molecule has 0 unspecified atom stereocenters. The Hall–Kier alpha value is -3.67. The first-order valence-electron chi connectivity index (χ1n) is 9.93. The average Bonchev–Trinajstić information content (AvgIpc) is 3.17. The minimum absolute atomic E-state index is 0.0839. The van der Waals surface area contributed by atoms with Gasteiger partial charge in [0.1, 0.15) is 11.3 Å². The number of rotatable bonds is 7. The van der Waals surface area contributed by atoms with E-state index in [0.29, 0.717) is 25.1 Å². The quantitative estimate of drug-likeness (QED) is 0.513. The fourth-order valence-electron chi connectivity index (χ4n) is 3.48. The third-order valence-corrected chi connectivity index (χ3v) is 5.08. The molecule has 1 amide bonds. The second-order valence-corrected chi connectivity index (χ2v) is 7.25. The molecule has 0 aliphatic heterocycles. The standard InChI is InChI=1S/C24H24N4O2/c1-17-7-12-23(30-2)20(15-17)13-14-25-24(29)19-10-8-18(9-11-19)16-28-22-6-4-3-5-21(22)26-27-28/h3-12,15H,13-14,16H2,1-2H3,(H,25,29). The highest BCUT2D eigenvalue weighted by Crippen LogP contribution is 2.20. The average molecular weight is 400 g/mol. The monoisotopic (exact) mass is 400 g/mol. The van der Waals surface area contributed by atoms with E-state index < -0.39 is 0 Å². The first-order valence-corrected chi connectivity index (χ1v) is 9.93. The van der Waals surface area contributed by atoms with Crippen molar-refractivity contribution in [3.05, 3.63) is 89.0 Å². The van der Waals surface area contributed by atoms with Gasteiger partial charge in [0.05, 0.1) is 19.2 Å². The molecule has 6 heteroatoms. The molecule has 0 aliphatic rings. The number of hydrogen-bond donors (Lipinski definition) is 1. The molecule has 1 N–H and O–H groups in total. The number of aromatic nitrogens is 3. The van der Waals surface area contributed by atoms with Gasteiger partial charge in [0, 0.05) is 12.1 Å². The molecule has 0 radical (unpaired) electrons. The Balaban J connectivity index is 1.36. The van der Waals surface area contributed by atoms with Gasteiger partial charge >= 0.3 is 0 Å². The molecule has 0 spiro atoms. The van der Waals surface area contributed by atoms with Crippen LogP contribution in [0.5, 0.6) is 5.75 Å². The van der Waals surface area contributed by atoms with Crippen LogP contribution in [0.25, 0.3) is 11.0 Å². The Labute approximate surface area is 175 Å². The smallest absolute Gasteiger partial charge is 0.251 e. The van der Waals surface area contributed by atoms with Crippen LogP contribution >= 0.6 is 0 Å². The summed E-state index contributed by atoms with van der Waals surface area (Å²) in [6.07, 6.45) is 0.716. The van der Waals surface area contributed by atoms with Crippen LogP contribution in [0.2, 0.25) is 0 Å². The Morgan fingerprint density at radius 3 is 2.67 bits per heavy atom. The number of carbonyl (C=O) groups excluding carboxylic acids is 1. The van der Waals surface area contributed by atoms with Crippen LogP contribution in [0.1, 0.15) is 27.0 Å². The van der Waals surface area contributed by atoms with E-state index in [-0.39, 0.29) is 5.91 Å². The van der Waals surface area contributed by atoms with Crippen molar-refractivity contribution >= 4 is 16.9 Å². The molecule has 1 aromatic heterocycles. The third-order valence-electron chi connectivity index (χ3n) is 5.08. The second-order valence-electron chi connectivity index (χ2n) is 7.25. The second kappa shape index (κ2) is 8.78. The Kier molecular flexibility index (Phi) is 5.75. The van der Waals surface area contributed by atoms with E-state index in [1.165, 1.54) is 5.56 Å². The predicted octanol–water partition coefficient (Wildman–Crippen LogP) is 3.77. The van der Waals surface area contributed by atoms with E-state index in [0.717, 1.165) is 27.9 Å². The van der Waals surface area contributed by atoms with Crippen molar-refractivity contribution in [1.29, 1.82) is 0 Å². The lowest BCUT2D eigenvalue weighted by Gasteiger charge is -2.10. The lowest BCUT2D eigenvalue weighted by molar-refractivity contribution is 0.0954. The van der Waals surface area contributed by atoms with Crippen molar-refractivity contribution in [3.63, 3.8) is 0 Å². The summed E-state index contributed by atoms with van der Waals surface area (Å²) >= 11 is 0. The maximum atomic E-state index is 12.5. The van der Waals surface area contributed by atoms with Crippen LogP contribution in [-0.4, -0.2) is 34.6 Å². The van der Waals surface area contributed by atoms with Crippen LogP contribution in [0, 0.1) is 6.92 Å². The topological polar surface area (TPSA) is 69.0 Å². The Morgan fingerprint density at radius 1 is 1.07 bits per heavy atom. The number of nitrogens with zero attached hydrogens (tertiary/aromatic N) is 3. The summed E-state index contributed by atoms with van der Waals surface area (Å²) in [6.45, 7) is 3.20. The molecule has 30 heavy (non-hydrogen) atoms. The number of hydrogen-bond acceptors (Lipinski definition) is 4. The first-order chi connectivity index (χ1) is 14.6. The number of benzene rings is 3. The van der Waals surface area contributed by atoms with Gasteiger partial charge in [0.2, 0.25) is 0 Å². The molecule has 0 bridgehead atoms. The van der Waals surface area contributed by atoms with Gasteiger partial charge in [-0.2, -0.15) is 0 Å². The number of carbonyl (C=O) groups is 1. The number of nitrogens with one attached hydrogen (secondary N) is 1. The fraction of sp³-hybridized carbons (Fsp3) is 0.208. The summed E-state index contributed by atoms with van der Waals surface area (Å²) in [5, 5.41) is 11.4. The lowest BCUT2D eigenvalue weighted by atomic mass is 10.1. The summed E-state index contributed by atoms with van der Waals surface area (Å²) in [6, 6.07) is 21.5. The highest BCUT2D eigenvalue weighted by atomic mass is 16.5. The summed E-state index contributed by atoms with van der Waals surface area (Å²) in [5.74, 6) is 0.763. The van der Waals surface area contributed by atoms with E-state index in [1.807, 2.05) is 72.3 Å². The summed E-state index contributed by atoms with van der Waals surface area (Å²) < 4.78 is 7.26. The Morgan fingerprint density at radius 2 is 1.87 bits per heavy atom. The zero-order valence-electron chi connectivity index (χ0n) is 17.1. The molecular weight excluding hydrogens is 376 g/mol. The summed E-state index contributed by atoms with van der Waals surface area (Å²) in [7, 11) is 1.66. The molecule has 1 heterocycles. The van der Waals surface area contributed by atoms with Crippen molar-refractivity contribution in [2.24, 2.45) is 0 Å². The molecule has 6 nitrogen and oxygen atoms in total. The number of amides is 1. The highest BCUT2D eigenvalue weighted by molar-refractivity contribution is 5.94. The van der Waals surface area contributed by atoms with E-state index >= 15 is 0 Å². The largest absolute Gasteiger partial charge is 0.496 e. The number of ether oxygens (including phenoxy) is 1. The van der Waals surface area contributed by atoms with Crippen molar-refractivity contribution in [2.75, 3.05) is 13.7 Å². The first kappa shape index (κ1) is 19.6. The third kappa shape index (κ3) is 4.33. The minimum Gasteiger partial charge on any atom is -0.496 e. The van der Waals surface area contributed by atoms with Gasteiger partial charge < -0.3 is 10.1 Å². The number of fused-ring (bicyclic) bond motifs is 1. The van der Waals surface area contributed by atoms with Crippen LogP contribution < -0.4 is 10.1 Å². The van der Waals surface area contributed by atoms with E-state index in [9.17, 15) is 4.79 Å². The maximum Gasteiger partial charge on any atom is 0.251 e.